The summed E-state index contributed by atoms with van der Waals surface area (Å²) in [6.07, 6.45) is -9.18. The van der Waals surface area contributed by atoms with Crippen LogP contribution in [0.15, 0.2) is 36.4 Å². The third kappa shape index (κ3) is 8.70. The van der Waals surface area contributed by atoms with Crippen molar-refractivity contribution < 1.29 is 61.3 Å². The van der Waals surface area contributed by atoms with Gasteiger partial charge in [0.15, 0.2) is 0 Å². The van der Waals surface area contributed by atoms with Crippen molar-refractivity contribution in [2.24, 2.45) is 23.3 Å². The number of rotatable bonds is 5. The number of nitro groups is 1. The largest absolute Gasteiger partial charge is 0.418 e. The molecule has 2 saturated heterocycles. The number of benzene rings is 2. The summed E-state index contributed by atoms with van der Waals surface area (Å²) in [5.74, 6) is -1.94. The number of nitro benzene ring substituents is 1. The Morgan fingerprint density at radius 3 is 1.51 bits per heavy atom. The summed E-state index contributed by atoms with van der Waals surface area (Å²) < 4.78 is 77.3. The molecule has 2 aromatic carbocycles. The smallest absolute Gasteiger partial charge is 0.399 e. The Labute approximate surface area is 245 Å². The van der Waals surface area contributed by atoms with Crippen molar-refractivity contribution in [2.45, 2.75) is 19.8 Å². The number of primary amides is 2. The zero-order valence-electron chi connectivity index (χ0n) is 20.7. The first kappa shape index (κ1) is 37.4. The molecule has 2 amide bonds. The molecule has 2 aliphatic rings. The second kappa shape index (κ2) is 13.9. The minimum absolute atomic E-state index is 0. The fraction of sp³-hybridized carbons (Fsp3) is 0.375. The molecular weight excluding hydrogens is 657 g/mol. The van der Waals surface area contributed by atoms with E-state index in [-0.39, 0.29) is 84.4 Å². The molecule has 0 radical (unpaired) electrons. The maximum atomic E-state index is 12.9. The van der Waals surface area contributed by atoms with Crippen LogP contribution in [0, 0.1) is 29.4 Å². The van der Waals surface area contributed by atoms with Gasteiger partial charge in [0.2, 0.25) is 11.8 Å². The van der Waals surface area contributed by atoms with Gasteiger partial charge in [0.25, 0.3) is 5.69 Å². The molecule has 0 bridgehead atoms. The fourth-order valence-corrected chi connectivity index (χ4v) is 3.91. The van der Waals surface area contributed by atoms with Gasteiger partial charge in [-0.1, -0.05) is 7.43 Å². The number of amides is 2. The average Bonchev–Trinajstić information content (AvgIpc) is 2.71. The molecule has 0 unspecified atom stereocenters. The molecule has 6 N–H and O–H groups in total. The van der Waals surface area contributed by atoms with Crippen LogP contribution in [0.25, 0.3) is 0 Å². The molecule has 0 atom stereocenters. The van der Waals surface area contributed by atoms with E-state index in [1.165, 1.54) is 21.9 Å². The number of nitrogen functional groups attached to an aromatic ring is 1. The van der Waals surface area contributed by atoms with Crippen LogP contribution in [0.4, 0.5) is 49.1 Å². The first-order valence-corrected chi connectivity index (χ1v) is 10.9. The van der Waals surface area contributed by atoms with E-state index in [4.69, 9.17) is 17.2 Å². The van der Waals surface area contributed by atoms with Crippen molar-refractivity contribution in [3.8, 4) is 0 Å². The zero-order valence-corrected chi connectivity index (χ0v) is 22.3. The molecule has 41 heavy (non-hydrogen) atoms. The summed E-state index contributed by atoms with van der Waals surface area (Å²) >= 11 is 0. The second-order valence-electron chi connectivity index (χ2n) is 8.74. The van der Waals surface area contributed by atoms with Gasteiger partial charge in [0.1, 0.15) is 0 Å². The first-order chi connectivity index (χ1) is 17.5. The van der Waals surface area contributed by atoms with Gasteiger partial charge < -0.3 is 34.4 Å². The first-order valence-electron chi connectivity index (χ1n) is 10.9. The van der Waals surface area contributed by atoms with Crippen molar-refractivity contribution in [3.63, 3.8) is 0 Å². The summed E-state index contributed by atoms with van der Waals surface area (Å²) in [6, 6.07) is 6.15. The molecule has 2 aromatic rings. The Bertz CT molecular complexity index is 1250. The third-order valence-corrected chi connectivity index (χ3v) is 6.07. The molecule has 17 heteroatoms. The number of non-ortho nitro benzene ring substituents is 1. The SMILES string of the molecule is C.NC(=O)C1CN(c2ccc(N)cc2C(F)(F)F)C1.NC(=O)C1CN(c2ccc([N+](=O)[O-])cc2C(F)(F)F)C1.[CH3-].[Pd]. The van der Waals surface area contributed by atoms with E-state index >= 15 is 0 Å². The maximum absolute atomic E-state index is 12.9. The van der Waals surface area contributed by atoms with Crippen LogP contribution in [-0.4, -0.2) is 42.9 Å². The van der Waals surface area contributed by atoms with Crippen molar-refractivity contribution in [3.05, 3.63) is 65.1 Å². The normalized spacial score (nSPS) is 15.0. The van der Waals surface area contributed by atoms with Crippen LogP contribution in [0.5, 0.6) is 0 Å². The van der Waals surface area contributed by atoms with Crippen molar-refractivity contribution >= 4 is 34.6 Å². The number of halogens is 6. The predicted molar refractivity (Wildman–Crippen MR) is 137 cm³/mol. The van der Waals surface area contributed by atoms with E-state index in [0.717, 1.165) is 18.2 Å². The van der Waals surface area contributed by atoms with Crippen molar-refractivity contribution in [1.29, 1.82) is 0 Å². The van der Waals surface area contributed by atoms with Gasteiger partial charge in [0, 0.05) is 75.8 Å². The Kier molecular flexibility index (Phi) is 12.7. The quantitative estimate of drug-likeness (QED) is 0.108. The third-order valence-electron chi connectivity index (χ3n) is 6.07. The van der Waals surface area contributed by atoms with E-state index in [1.54, 1.807) is 0 Å². The summed E-state index contributed by atoms with van der Waals surface area (Å²) in [5.41, 5.74) is 12.9. The molecule has 2 heterocycles. The molecule has 2 aliphatic heterocycles. The van der Waals surface area contributed by atoms with Gasteiger partial charge in [-0.05, 0) is 24.3 Å². The Morgan fingerprint density at radius 1 is 0.805 bits per heavy atom. The van der Waals surface area contributed by atoms with Crippen LogP contribution < -0.4 is 27.0 Å². The molecule has 0 aliphatic carbocycles. The van der Waals surface area contributed by atoms with Crippen LogP contribution in [0.2, 0.25) is 0 Å². The summed E-state index contributed by atoms with van der Waals surface area (Å²) in [4.78, 5) is 34.2. The van der Waals surface area contributed by atoms with Gasteiger partial charge in [-0.2, -0.15) is 26.3 Å². The minimum atomic E-state index is -4.71. The molecule has 0 spiro atoms. The van der Waals surface area contributed by atoms with Gasteiger partial charge in [-0.15, -0.1) is 0 Å². The number of anilines is 3. The topological polar surface area (TPSA) is 162 Å². The van der Waals surface area contributed by atoms with Gasteiger partial charge in [-0.25, -0.2) is 0 Å². The fourth-order valence-electron chi connectivity index (χ4n) is 3.91. The molecular formula is C24H29F6N6O4Pd-. The van der Waals surface area contributed by atoms with Crippen molar-refractivity contribution in [1.82, 2.24) is 0 Å². The Balaban J connectivity index is 0.000000730. The molecule has 10 nitrogen and oxygen atoms in total. The van der Waals surface area contributed by atoms with Crippen LogP contribution >= 0.6 is 0 Å². The number of carbonyl (C=O) groups is 2. The van der Waals surface area contributed by atoms with E-state index in [0.29, 0.717) is 6.07 Å². The number of carbonyl (C=O) groups excluding carboxylic acids is 2. The van der Waals surface area contributed by atoms with Gasteiger partial charge >= 0.3 is 12.4 Å². The number of nitrogens with two attached hydrogens (primary N) is 3. The molecule has 4 rings (SSSR count). The predicted octanol–water partition coefficient (Wildman–Crippen LogP) is 3.83. The number of nitrogens with zero attached hydrogens (tertiary/aromatic N) is 3. The van der Waals surface area contributed by atoms with Crippen LogP contribution in [-0.2, 0) is 42.4 Å². The van der Waals surface area contributed by atoms with E-state index in [2.05, 4.69) is 0 Å². The van der Waals surface area contributed by atoms with E-state index in [1.807, 2.05) is 0 Å². The van der Waals surface area contributed by atoms with Gasteiger partial charge in [0.05, 0.1) is 27.9 Å². The Morgan fingerprint density at radius 2 is 1.17 bits per heavy atom. The number of alkyl halides is 6. The van der Waals surface area contributed by atoms with Gasteiger partial charge in [-0.3, -0.25) is 19.7 Å². The molecule has 232 valence electrons. The number of hydrogen-bond acceptors (Lipinski definition) is 7. The van der Waals surface area contributed by atoms with Crippen LogP contribution in [0.1, 0.15) is 18.6 Å². The van der Waals surface area contributed by atoms with E-state index in [9.17, 15) is 46.0 Å². The summed E-state index contributed by atoms with van der Waals surface area (Å²) in [5, 5.41) is 10.5. The molecule has 0 aromatic heterocycles. The zero-order chi connectivity index (χ0) is 28.6. The summed E-state index contributed by atoms with van der Waals surface area (Å²) in [7, 11) is 0. The standard InChI is InChI=1S/C11H10F3N3O3.C11H12F3N3O.CH4.CH3.Pd/c12-11(13,14)8-3-7(17(19)20)1-2-9(8)16-4-6(5-16)10(15)18;12-11(13,14)8-3-7(15)1-2-9(8)17-4-6(5-17)10(16)18;;;/h1-3,6H,4-5H2,(H2,15,18);1-3,6H,4-5,15H2,(H2,16,18);1H4;1H3;/q;;;-1;. The average molecular weight is 686 g/mol. The van der Waals surface area contributed by atoms with Crippen LogP contribution in [0.3, 0.4) is 0 Å². The molecule has 0 saturated carbocycles. The second-order valence-corrected chi connectivity index (χ2v) is 8.74. The molecule has 2 fully saturated rings. The monoisotopic (exact) mass is 685 g/mol. The van der Waals surface area contributed by atoms with Crippen molar-refractivity contribution in [2.75, 3.05) is 41.7 Å². The maximum Gasteiger partial charge on any atom is 0.418 e. The number of hydrogen-bond donors (Lipinski definition) is 3. The van der Waals surface area contributed by atoms with E-state index < -0.39 is 51.8 Å². The minimum Gasteiger partial charge on any atom is -0.399 e. The Hall–Kier alpha value is -3.58. The summed E-state index contributed by atoms with van der Waals surface area (Å²) in [6.45, 7) is 0.580.